The summed E-state index contributed by atoms with van der Waals surface area (Å²) < 4.78 is 36.6. The average molecular weight is 1810 g/mol. The molecule has 3 fully saturated rings. The lowest BCUT2D eigenvalue weighted by Gasteiger charge is -2.67. The van der Waals surface area contributed by atoms with Gasteiger partial charge in [0.1, 0.15) is 65.2 Å². The van der Waals surface area contributed by atoms with Gasteiger partial charge in [-0.2, -0.15) is 0 Å². The molecule has 32 nitrogen and oxygen atoms in total. The highest BCUT2D eigenvalue weighted by atomic mass is 16.6. The van der Waals surface area contributed by atoms with Gasteiger partial charge in [0, 0.05) is 50.5 Å². The molecular weight excluding hydrogens is 1660 g/mol. The fourth-order valence-electron chi connectivity index (χ4n) is 16.8. The molecule has 2 saturated carbocycles. The fraction of sp³-hybridized carbons (Fsp3) is 0.660. The standard InChI is InChI=1S/C52H57NO16.5C9H20N2O/c1-29-35(66-48(62)42(67-38(58)24-16-17-25-54)40(32-18-10-7-11-19-32)53-46(60)33-20-12-8-13-21-33)27-52(63)45(68-47(61)34-22-14-9-15-23-34)43-50(6,36(57)26-37-51(43,28-64-37)69-31(3)56)44(59)41(65-30(2)55)39(29)49(52,4)5;5*1-8(12)9(11-3)6-4-5-7-10-2/h7-15,18-23,25,35-37,40-43,45,57,63H,16-17,24,26-28H2,1-6H3,(H,53,60);5*9-11H,4-7H2,1-3H3/t35-,36-,37+,40-,41+,42+,43-,45-,50+,51-,52+;5*9-/m011111/s1. The number of carbonyl (C=O) groups excluding carboxylic acids is 13. The van der Waals surface area contributed by atoms with Crippen molar-refractivity contribution in [3.05, 3.63) is 119 Å². The molecule has 726 valence electrons. The summed E-state index contributed by atoms with van der Waals surface area (Å²) in [7, 11) is 18.9. The molecule has 0 spiro atoms. The van der Waals surface area contributed by atoms with Gasteiger partial charge in [0.05, 0.1) is 59.8 Å². The van der Waals surface area contributed by atoms with Crippen LogP contribution >= 0.6 is 0 Å². The predicted octanol–water partition coefficient (Wildman–Crippen LogP) is 7.42. The van der Waals surface area contributed by atoms with Crippen molar-refractivity contribution in [1.82, 2.24) is 58.5 Å². The molecule has 32 heteroatoms. The van der Waals surface area contributed by atoms with E-state index in [-0.39, 0.29) is 114 Å². The summed E-state index contributed by atoms with van der Waals surface area (Å²) in [6.45, 7) is 21.2. The van der Waals surface area contributed by atoms with E-state index in [4.69, 9.17) is 28.4 Å². The Morgan fingerprint density at radius 3 is 1.24 bits per heavy atom. The zero-order chi connectivity index (χ0) is 97.0. The summed E-state index contributed by atoms with van der Waals surface area (Å²) in [5, 5.41) is 59.3. The van der Waals surface area contributed by atoms with E-state index in [0.29, 0.717) is 11.8 Å². The topological polar surface area (TPSA) is 450 Å². The number of benzene rings is 3. The third-order valence-corrected chi connectivity index (χ3v) is 24.5. The van der Waals surface area contributed by atoms with Crippen molar-refractivity contribution in [3.63, 3.8) is 0 Å². The number of aliphatic hydroxyl groups is 2. The molecular formula is C97H157N11O21. The van der Waals surface area contributed by atoms with Crippen LogP contribution in [0.25, 0.3) is 0 Å². The van der Waals surface area contributed by atoms with Crippen molar-refractivity contribution in [2.75, 3.05) is 110 Å². The molecule has 0 aromatic heterocycles. The first-order chi connectivity index (χ1) is 61.3. The van der Waals surface area contributed by atoms with Crippen molar-refractivity contribution < 1.29 is 101 Å². The van der Waals surface area contributed by atoms with Crippen LogP contribution in [0.4, 0.5) is 0 Å². The minimum Gasteiger partial charge on any atom is -0.455 e. The summed E-state index contributed by atoms with van der Waals surface area (Å²) in [6.07, 6.45) is 5.63. The van der Waals surface area contributed by atoms with Gasteiger partial charge < -0.3 is 102 Å². The van der Waals surface area contributed by atoms with Gasteiger partial charge in [-0.25, -0.2) is 9.59 Å². The van der Waals surface area contributed by atoms with Crippen molar-refractivity contribution in [2.45, 2.75) is 289 Å². The van der Waals surface area contributed by atoms with Gasteiger partial charge >= 0.3 is 29.8 Å². The molecule has 0 unspecified atom stereocenters. The minimum atomic E-state index is -2.46. The molecule has 0 radical (unpaired) electrons. The second-order valence-corrected chi connectivity index (χ2v) is 34.1. The van der Waals surface area contributed by atoms with Crippen LogP contribution in [0.3, 0.4) is 0 Å². The number of aliphatic hydroxyl groups excluding tert-OH is 1. The van der Waals surface area contributed by atoms with Gasteiger partial charge in [0.15, 0.2) is 17.5 Å². The van der Waals surface area contributed by atoms with E-state index in [9.17, 15) is 63.0 Å². The highest BCUT2D eigenvalue weighted by molar-refractivity contribution is 5.97. The Balaban J connectivity index is 0.000000745. The number of hydrogen-bond acceptors (Lipinski definition) is 31. The largest absolute Gasteiger partial charge is 0.455 e. The Morgan fingerprint density at radius 1 is 0.512 bits per heavy atom. The lowest BCUT2D eigenvalue weighted by Crippen LogP contribution is -2.82. The monoisotopic (exact) mass is 1810 g/mol. The van der Waals surface area contributed by atoms with Crippen LogP contribution in [0, 0.1) is 16.7 Å². The zero-order valence-corrected chi connectivity index (χ0v) is 80.8. The Labute approximate surface area is 766 Å². The second-order valence-electron chi connectivity index (χ2n) is 34.1. The van der Waals surface area contributed by atoms with Crippen molar-refractivity contribution >= 4 is 76.7 Å². The SMILES string of the molecule is CC(=O)O[C@H]1C(=O)[C@@]2(C)[C@H]([C@H](OC(=O)c3ccccc3)[C@]3(O)C[C@H](OC(=O)[C@H](OC(=O)CCCC=O)[C@@H](NC(=O)c4ccccc4)c4ccccc4)C(C)=C1C3(C)C)[C@]1(OC(C)=O)CO[C@@H]1C[C@@H]2O.CNCCCC[C@@H](NC)C(C)=O.CNCCCC[C@@H](NC)C(C)=O.CNCCCC[C@@H](NC)C(C)=O.CNCCCC[C@@H](NC)C(C)=O.CNCCCC[C@@H](NC)C(C)=O. The molecule has 3 aromatic rings. The quantitative estimate of drug-likeness (QED) is 0.00859. The predicted molar refractivity (Wildman–Crippen MR) is 498 cm³/mol. The molecule has 1 amide bonds. The maximum Gasteiger partial charge on any atom is 0.350 e. The highest BCUT2D eigenvalue weighted by Crippen LogP contribution is 2.64. The average Bonchev–Trinajstić information content (AvgIpc) is 0.667. The van der Waals surface area contributed by atoms with E-state index < -0.39 is 119 Å². The molecule has 1 heterocycles. The molecule has 129 heavy (non-hydrogen) atoms. The summed E-state index contributed by atoms with van der Waals surface area (Å²) in [6, 6.07) is 22.9. The minimum absolute atomic E-state index is 0.0151. The maximum atomic E-state index is 15.7. The number of esters is 5. The number of aldehydes is 1. The number of amides is 1. The summed E-state index contributed by atoms with van der Waals surface area (Å²) >= 11 is 0. The van der Waals surface area contributed by atoms with E-state index in [1.807, 2.05) is 70.5 Å². The first-order valence-corrected chi connectivity index (χ1v) is 45.6. The van der Waals surface area contributed by atoms with E-state index in [1.165, 1.54) is 26.0 Å². The van der Waals surface area contributed by atoms with E-state index >= 15 is 9.59 Å². The lowest BCUT2D eigenvalue weighted by atomic mass is 9.44. The number of hydrogen-bond donors (Lipinski definition) is 13. The number of carbonyl (C=O) groups is 13. The summed E-state index contributed by atoms with van der Waals surface area (Å²) in [4.78, 5) is 165. The number of Topliss-reactive ketones (excluding diaryl/α,β-unsaturated/α-hetero) is 6. The molecule has 4 aliphatic rings. The van der Waals surface area contributed by atoms with E-state index in [2.05, 4.69) is 58.5 Å². The van der Waals surface area contributed by atoms with E-state index in [1.54, 1.807) is 127 Å². The van der Waals surface area contributed by atoms with Crippen LogP contribution in [0.1, 0.15) is 237 Å². The van der Waals surface area contributed by atoms with Crippen LogP contribution < -0.4 is 58.5 Å². The number of ketones is 6. The number of unbranched alkanes of at least 4 members (excludes halogenated alkanes) is 6. The highest BCUT2D eigenvalue weighted by Gasteiger charge is 2.78. The number of likely N-dealkylation sites (N-methyl/N-ethyl adjacent to an activating group) is 5. The van der Waals surface area contributed by atoms with Crippen molar-refractivity contribution in [1.29, 1.82) is 0 Å². The molecule has 16 atom stereocenters. The summed E-state index contributed by atoms with van der Waals surface area (Å²) in [5.41, 5.74) is -7.46. The van der Waals surface area contributed by atoms with Gasteiger partial charge in [-0.1, -0.05) is 113 Å². The first kappa shape index (κ1) is 116. The van der Waals surface area contributed by atoms with Crippen LogP contribution in [-0.4, -0.2) is 275 Å². The van der Waals surface area contributed by atoms with Gasteiger partial charge in [-0.15, -0.1) is 0 Å². The number of rotatable bonds is 50. The molecule has 2 bridgehead atoms. The van der Waals surface area contributed by atoms with Gasteiger partial charge in [-0.3, -0.25) is 47.9 Å². The lowest BCUT2D eigenvalue weighted by molar-refractivity contribution is -0.346. The van der Waals surface area contributed by atoms with Gasteiger partial charge in [-0.05, 0) is 263 Å². The molecule has 1 saturated heterocycles. The van der Waals surface area contributed by atoms with Crippen LogP contribution in [0.2, 0.25) is 0 Å². The van der Waals surface area contributed by atoms with Crippen LogP contribution in [0.15, 0.2) is 102 Å². The van der Waals surface area contributed by atoms with Gasteiger partial charge in [0.25, 0.3) is 5.91 Å². The smallest absolute Gasteiger partial charge is 0.350 e. The molecule has 7 rings (SSSR count). The number of nitrogens with one attached hydrogen (secondary N) is 11. The normalized spacial score (nSPS) is 21.9. The molecule has 13 N–H and O–H groups in total. The van der Waals surface area contributed by atoms with Gasteiger partial charge in [0.2, 0.25) is 6.10 Å². The van der Waals surface area contributed by atoms with Crippen LogP contribution in [0.5, 0.6) is 0 Å². The Bertz CT molecular complexity index is 3760. The summed E-state index contributed by atoms with van der Waals surface area (Å²) in [5.74, 6) is -6.77. The second kappa shape index (κ2) is 61.9. The number of fused-ring (bicyclic) bond motifs is 5. The Hall–Kier alpha value is -8.61. The molecule has 3 aromatic carbocycles. The Morgan fingerprint density at radius 2 is 0.899 bits per heavy atom. The van der Waals surface area contributed by atoms with Crippen molar-refractivity contribution in [2.24, 2.45) is 16.7 Å². The third kappa shape index (κ3) is 36.8. The fourth-order valence-corrected chi connectivity index (χ4v) is 16.8. The Kier molecular flexibility index (Phi) is 55.9. The molecule has 3 aliphatic carbocycles. The van der Waals surface area contributed by atoms with Crippen LogP contribution in [-0.2, 0) is 81.2 Å². The number of ether oxygens (including phenoxy) is 6. The first-order valence-electron chi connectivity index (χ1n) is 45.6. The zero-order valence-electron chi connectivity index (χ0n) is 80.8. The molecule has 1 aliphatic heterocycles. The van der Waals surface area contributed by atoms with E-state index in [0.717, 1.165) is 143 Å². The third-order valence-electron chi connectivity index (χ3n) is 24.5. The maximum absolute atomic E-state index is 15.7. The van der Waals surface area contributed by atoms with Crippen molar-refractivity contribution in [3.8, 4) is 0 Å².